The zero-order valence-corrected chi connectivity index (χ0v) is 12.9. The second kappa shape index (κ2) is 7.37. The standard InChI is InChI=1S/C15H28ClNO/c1-15(2,3)13-7-8-14(18)17(12-9-13)11-6-4-5-10-16/h13H,4-12H2,1-3H3. The van der Waals surface area contributed by atoms with Crippen LogP contribution in [0.1, 0.15) is 59.3 Å². The molecule has 1 fully saturated rings. The number of nitrogens with zero attached hydrogens (tertiary/aromatic N) is 1. The van der Waals surface area contributed by atoms with Crippen LogP contribution in [-0.4, -0.2) is 29.8 Å². The van der Waals surface area contributed by atoms with Gasteiger partial charge in [-0.05, 0) is 37.0 Å². The summed E-state index contributed by atoms with van der Waals surface area (Å²) in [5, 5.41) is 0. The van der Waals surface area contributed by atoms with E-state index in [-0.39, 0.29) is 0 Å². The van der Waals surface area contributed by atoms with Gasteiger partial charge in [-0.25, -0.2) is 0 Å². The number of carbonyl (C=O) groups is 1. The zero-order chi connectivity index (χ0) is 13.6. The summed E-state index contributed by atoms with van der Waals surface area (Å²) in [6.45, 7) is 8.74. The largest absolute Gasteiger partial charge is 0.343 e. The third-order valence-corrected chi connectivity index (χ3v) is 4.36. The Bertz CT molecular complexity index is 260. The van der Waals surface area contributed by atoms with Crippen molar-refractivity contribution in [1.82, 2.24) is 4.90 Å². The molecule has 2 nitrogen and oxygen atoms in total. The summed E-state index contributed by atoms with van der Waals surface area (Å²) in [5.74, 6) is 1.77. The second-order valence-electron chi connectivity index (χ2n) is 6.52. The topological polar surface area (TPSA) is 20.3 Å². The predicted octanol–water partition coefficient (Wildman–Crippen LogP) is 4.07. The van der Waals surface area contributed by atoms with Gasteiger partial charge in [0.1, 0.15) is 0 Å². The van der Waals surface area contributed by atoms with E-state index in [4.69, 9.17) is 11.6 Å². The molecule has 1 unspecified atom stereocenters. The van der Waals surface area contributed by atoms with Crippen molar-refractivity contribution >= 4 is 17.5 Å². The van der Waals surface area contributed by atoms with Gasteiger partial charge in [-0.2, -0.15) is 0 Å². The maximum atomic E-state index is 12.1. The van der Waals surface area contributed by atoms with Crippen LogP contribution < -0.4 is 0 Å². The average Bonchev–Trinajstić information content (AvgIpc) is 2.47. The minimum absolute atomic E-state index is 0.328. The molecular weight excluding hydrogens is 246 g/mol. The normalized spacial score (nSPS) is 22.1. The Morgan fingerprint density at radius 1 is 1.22 bits per heavy atom. The molecule has 0 spiro atoms. The van der Waals surface area contributed by atoms with Gasteiger partial charge in [0.25, 0.3) is 0 Å². The van der Waals surface area contributed by atoms with Crippen molar-refractivity contribution in [2.75, 3.05) is 19.0 Å². The van der Waals surface area contributed by atoms with Gasteiger partial charge < -0.3 is 4.90 Å². The van der Waals surface area contributed by atoms with Crippen molar-refractivity contribution in [3.05, 3.63) is 0 Å². The molecule has 0 bridgehead atoms. The minimum atomic E-state index is 0.328. The van der Waals surface area contributed by atoms with Crippen LogP contribution in [-0.2, 0) is 4.79 Å². The fourth-order valence-corrected chi connectivity index (χ4v) is 2.90. The van der Waals surface area contributed by atoms with Gasteiger partial charge in [0.2, 0.25) is 5.91 Å². The second-order valence-corrected chi connectivity index (χ2v) is 6.90. The van der Waals surface area contributed by atoms with Crippen LogP contribution in [0.3, 0.4) is 0 Å². The molecule has 0 radical (unpaired) electrons. The van der Waals surface area contributed by atoms with E-state index < -0.39 is 0 Å². The lowest BCUT2D eigenvalue weighted by atomic mass is 9.77. The summed E-state index contributed by atoms with van der Waals surface area (Å²) < 4.78 is 0. The Morgan fingerprint density at radius 2 is 1.94 bits per heavy atom. The number of alkyl halides is 1. The molecule has 1 amide bonds. The van der Waals surface area contributed by atoms with Crippen LogP contribution in [0.25, 0.3) is 0 Å². The van der Waals surface area contributed by atoms with Crippen molar-refractivity contribution in [2.24, 2.45) is 11.3 Å². The fraction of sp³-hybridized carbons (Fsp3) is 0.933. The van der Waals surface area contributed by atoms with Gasteiger partial charge >= 0.3 is 0 Å². The highest BCUT2D eigenvalue weighted by Gasteiger charge is 2.29. The number of likely N-dealkylation sites (tertiary alicyclic amines) is 1. The number of hydrogen-bond acceptors (Lipinski definition) is 1. The first-order valence-corrected chi connectivity index (χ1v) is 7.82. The number of carbonyl (C=O) groups excluding carboxylic acids is 1. The molecule has 0 N–H and O–H groups in total. The van der Waals surface area contributed by atoms with Crippen molar-refractivity contribution in [3.8, 4) is 0 Å². The first-order valence-electron chi connectivity index (χ1n) is 7.29. The Hall–Kier alpha value is -0.240. The predicted molar refractivity (Wildman–Crippen MR) is 77.9 cm³/mol. The van der Waals surface area contributed by atoms with Crippen molar-refractivity contribution in [1.29, 1.82) is 0 Å². The number of unbranched alkanes of at least 4 members (excludes halogenated alkanes) is 2. The third kappa shape index (κ3) is 5.17. The average molecular weight is 274 g/mol. The van der Waals surface area contributed by atoms with E-state index in [1.807, 2.05) is 0 Å². The molecule has 1 aliphatic heterocycles. The SMILES string of the molecule is CC(C)(C)C1CCC(=O)N(CCCCCCl)CC1. The molecule has 106 valence electrons. The number of amides is 1. The highest BCUT2D eigenvalue weighted by atomic mass is 35.5. The van der Waals surface area contributed by atoms with Gasteiger partial charge in [0.15, 0.2) is 0 Å². The summed E-state index contributed by atoms with van der Waals surface area (Å²) in [6, 6.07) is 0. The van der Waals surface area contributed by atoms with Crippen molar-refractivity contribution in [3.63, 3.8) is 0 Å². The molecule has 1 saturated heterocycles. The lowest BCUT2D eigenvalue weighted by Crippen LogP contribution is -2.31. The molecule has 1 heterocycles. The third-order valence-electron chi connectivity index (χ3n) is 4.09. The van der Waals surface area contributed by atoms with Crippen LogP contribution in [0.4, 0.5) is 0 Å². The maximum absolute atomic E-state index is 12.1. The van der Waals surface area contributed by atoms with E-state index in [0.29, 0.717) is 17.2 Å². The van der Waals surface area contributed by atoms with Crippen LogP contribution >= 0.6 is 11.6 Å². The van der Waals surface area contributed by atoms with Crippen molar-refractivity contribution in [2.45, 2.75) is 59.3 Å². The molecular formula is C15H28ClNO. The molecule has 0 aromatic rings. The highest BCUT2D eigenvalue weighted by molar-refractivity contribution is 6.17. The summed E-state index contributed by atoms with van der Waals surface area (Å²) in [4.78, 5) is 14.1. The fourth-order valence-electron chi connectivity index (χ4n) is 2.71. The van der Waals surface area contributed by atoms with Crippen molar-refractivity contribution < 1.29 is 4.79 Å². The monoisotopic (exact) mass is 273 g/mol. The molecule has 0 aromatic carbocycles. The quantitative estimate of drug-likeness (QED) is 0.546. The number of rotatable bonds is 5. The van der Waals surface area contributed by atoms with Gasteiger partial charge in [-0.1, -0.05) is 27.2 Å². The van der Waals surface area contributed by atoms with E-state index in [1.165, 1.54) is 0 Å². The lowest BCUT2D eigenvalue weighted by Gasteiger charge is -2.29. The van der Waals surface area contributed by atoms with Gasteiger partial charge in [-0.15, -0.1) is 11.6 Å². The summed E-state index contributed by atoms with van der Waals surface area (Å²) >= 11 is 5.67. The number of halogens is 1. The van der Waals surface area contributed by atoms with Gasteiger partial charge in [0.05, 0.1) is 0 Å². The molecule has 3 heteroatoms. The molecule has 18 heavy (non-hydrogen) atoms. The molecule has 1 atom stereocenters. The van der Waals surface area contributed by atoms with E-state index >= 15 is 0 Å². The van der Waals surface area contributed by atoms with Crippen LogP contribution in [0.2, 0.25) is 0 Å². The van der Waals surface area contributed by atoms with Crippen LogP contribution in [0.5, 0.6) is 0 Å². The van der Waals surface area contributed by atoms with Crippen LogP contribution in [0, 0.1) is 11.3 Å². The summed E-state index contributed by atoms with van der Waals surface area (Å²) in [6.07, 6.45) is 6.24. The Balaban J connectivity index is 2.39. The first-order chi connectivity index (χ1) is 8.45. The summed E-state index contributed by atoms with van der Waals surface area (Å²) in [7, 11) is 0. The molecule has 1 aliphatic rings. The molecule has 1 rings (SSSR count). The van der Waals surface area contributed by atoms with E-state index in [0.717, 1.165) is 57.5 Å². The number of hydrogen-bond donors (Lipinski definition) is 0. The molecule has 0 saturated carbocycles. The minimum Gasteiger partial charge on any atom is -0.343 e. The molecule has 0 aromatic heterocycles. The Labute approximate surface area is 117 Å². The Morgan fingerprint density at radius 3 is 2.56 bits per heavy atom. The Kier molecular flexibility index (Phi) is 6.48. The highest BCUT2D eigenvalue weighted by Crippen LogP contribution is 2.34. The maximum Gasteiger partial charge on any atom is 0.222 e. The van der Waals surface area contributed by atoms with Crippen LogP contribution in [0.15, 0.2) is 0 Å². The van der Waals surface area contributed by atoms with E-state index in [2.05, 4.69) is 25.7 Å². The first kappa shape index (κ1) is 15.8. The smallest absolute Gasteiger partial charge is 0.222 e. The zero-order valence-electron chi connectivity index (χ0n) is 12.2. The lowest BCUT2D eigenvalue weighted by molar-refractivity contribution is -0.130. The van der Waals surface area contributed by atoms with Gasteiger partial charge in [-0.3, -0.25) is 4.79 Å². The van der Waals surface area contributed by atoms with Gasteiger partial charge in [0, 0.05) is 25.4 Å². The molecule has 0 aliphatic carbocycles. The summed E-state index contributed by atoms with van der Waals surface area (Å²) in [5.41, 5.74) is 0.328. The van der Waals surface area contributed by atoms with E-state index in [9.17, 15) is 4.79 Å². The van der Waals surface area contributed by atoms with E-state index in [1.54, 1.807) is 0 Å².